The molecule has 0 spiro atoms. The molecule has 0 aromatic heterocycles. The third-order valence-electron chi connectivity index (χ3n) is 2.90. The summed E-state index contributed by atoms with van der Waals surface area (Å²) in [4.78, 5) is 11.0. The molecular weight excluding hydrogens is 242 g/mol. The van der Waals surface area contributed by atoms with Crippen LogP contribution < -0.4 is 5.32 Å². The molecule has 0 radical (unpaired) electrons. The van der Waals surface area contributed by atoms with E-state index in [1.54, 1.807) is 18.2 Å². The average molecular weight is 255 g/mol. The van der Waals surface area contributed by atoms with Crippen molar-refractivity contribution in [3.8, 4) is 0 Å². The number of aliphatic carboxylic acids is 1. The van der Waals surface area contributed by atoms with Gasteiger partial charge in [-0.05, 0) is 18.6 Å². The molecule has 1 heterocycles. The number of carbonyl (C=O) groups is 1. The summed E-state index contributed by atoms with van der Waals surface area (Å²) in [5.41, 5.74) is 0. The number of carboxylic acid groups (broad SMARTS) is 1. The minimum absolute atomic E-state index is 0.118. The fourth-order valence-electron chi connectivity index (χ4n) is 1.93. The Bertz CT molecular complexity index is 512. The maximum atomic E-state index is 12.2. The molecule has 2 rings (SSSR count). The largest absolute Gasteiger partial charge is 0.480 e. The zero-order valence-electron chi connectivity index (χ0n) is 9.04. The van der Waals surface area contributed by atoms with Crippen molar-refractivity contribution in [3.05, 3.63) is 30.3 Å². The minimum atomic E-state index is -3.43. The van der Waals surface area contributed by atoms with Crippen LogP contribution in [0, 0.1) is 0 Å². The lowest BCUT2D eigenvalue weighted by Gasteiger charge is -2.10. The highest BCUT2D eigenvalue weighted by molar-refractivity contribution is 7.92. The van der Waals surface area contributed by atoms with E-state index in [4.69, 9.17) is 5.11 Å². The smallest absolute Gasteiger partial charge is 0.320 e. The Labute approximate surface area is 99.4 Å². The van der Waals surface area contributed by atoms with Crippen molar-refractivity contribution in [1.29, 1.82) is 0 Å². The molecule has 17 heavy (non-hydrogen) atoms. The fourth-order valence-corrected chi connectivity index (χ4v) is 3.61. The van der Waals surface area contributed by atoms with E-state index in [0.29, 0.717) is 0 Å². The van der Waals surface area contributed by atoms with Crippen molar-refractivity contribution < 1.29 is 18.3 Å². The van der Waals surface area contributed by atoms with E-state index >= 15 is 0 Å². The lowest BCUT2D eigenvalue weighted by atomic mass is 10.2. The Morgan fingerprint density at radius 2 is 1.94 bits per heavy atom. The van der Waals surface area contributed by atoms with E-state index < -0.39 is 27.1 Å². The molecule has 0 amide bonds. The summed E-state index contributed by atoms with van der Waals surface area (Å²) >= 11 is 0. The molecule has 1 aliphatic rings. The van der Waals surface area contributed by atoms with Gasteiger partial charge in [0, 0.05) is 6.54 Å². The van der Waals surface area contributed by atoms with Crippen molar-refractivity contribution in [2.45, 2.75) is 22.6 Å². The van der Waals surface area contributed by atoms with Crippen LogP contribution in [0.15, 0.2) is 35.2 Å². The molecule has 1 aromatic rings. The molecule has 1 unspecified atom stereocenters. The molecule has 1 aliphatic heterocycles. The second-order valence-corrected chi connectivity index (χ2v) is 6.24. The number of hydrogen-bond donors (Lipinski definition) is 2. The topological polar surface area (TPSA) is 83.5 Å². The van der Waals surface area contributed by atoms with Gasteiger partial charge >= 0.3 is 5.97 Å². The standard InChI is InChI=1S/C11H13NO4S/c13-11(14)10-6-9(7-12-10)17(15,16)8-4-2-1-3-5-8/h1-5,9-10,12H,6-7H2,(H,13,14)/t9?,10-/m0/s1. The first-order chi connectivity index (χ1) is 8.01. The molecule has 1 fully saturated rings. The van der Waals surface area contributed by atoms with Crippen molar-refractivity contribution in [2.24, 2.45) is 0 Å². The zero-order valence-corrected chi connectivity index (χ0v) is 9.85. The monoisotopic (exact) mass is 255 g/mol. The molecule has 2 N–H and O–H groups in total. The number of rotatable bonds is 3. The SMILES string of the molecule is O=C(O)[C@@H]1CC(S(=O)(=O)c2ccccc2)CN1. The minimum Gasteiger partial charge on any atom is -0.480 e. The number of nitrogens with one attached hydrogen (secondary N) is 1. The normalized spacial score (nSPS) is 24.7. The van der Waals surface area contributed by atoms with Gasteiger partial charge in [0.1, 0.15) is 6.04 Å². The van der Waals surface area contributed by atoms with Gasteiger partial charge in [0.15, 0.2) is 9.84 Å². The van der Waals surface area contributed by atoms with Crippen LogP contribution in [-0.4, -0.2) is 37.3 Å². The van der Waals surface area contributed by atoms with Gasteiger partial charge in [0.25, 0.3) is 0 Å². The molecule has 0 aliphatic carbocycles. The second-order valence-electron chi connectivity index (χ2n) is 4.01. The molecule has 5 nitrogen and oxygen atoms in total. The summed E-state index contributed by atoms with van der Waals surface area (Å²) in [5, 5.41) is 10.9. The van der Waals surface area contributed by atoms with E-state index in [0.717, 1.165) is 0 Å². The number of hydrogen-bond acceptors (Lipinski definition) is 4. The molecule has 92 valence electrons. The summed E-state index contributed by atoms with van der Waals surface area (Å²) in [6.45, 7) is 0.189. The first-order valence-electron chi connectivity index (χ1n) is 5.27. The van der Waals surface area contributed by atoms with Crippen molar-refractivity contribution >= 4 is 15.8 Å². The Balaban J connectivity index is 2.22. The van der Waals surface area contributed by atoms with Crippen LogP contribution in [-0.2, 0) is 14.6 Å². The third-order valence-corrected chi connectivity index (χ3v) is 5.07. The van der Waals surface area contributed by atoms with E-state index in [1.807, 2.05) is 0 Å². The van der Waals surface area contributed by atoms with Crippen LogP contribution in [0.4, 0.5) is 0 Å². The molecular formula is C11H13NO4S. The lowest BCUT2D eigenvalue weighted by molar-refractivity contribution is -0.139. The average Bonchev–Trinajstić information content (AvgIpc) is 2.80. The maximum absolute atomic E-state index is 12.2. The third kappa shape index (κ3) is 2.32. The Kier molecular flexibility index (Phi) is 3.17. The lowest BCUT2D eigenvalue weighted by Crippen LogP contribution is -2.30. The van der Waals surface area contributed by atoms with Gasteiger partial charge in [-0.1, -0.05) is 18.2 Å². The van der Waals surface area contributed by atoms with Crippen LogP contribution in [0.5, 0.6) is 0 Å². The molecule has 0 saturated carbocycles. The predicted octanol–water partition coefficient (Wildman–Crippen LogP) is 0.275. The Morgan fingerprint density at radius 1 is 1.29 bits per heavy atom. The van der Waals surface area contributed by atoms with Gasteiger partial charge in [-0.25, -0.2) is 8.42 Å². The summed E-state index contributed by atoms with van der Waals surface area (Å²) in [7, 11) is -3.43. The van der Waals surface area contributed by atoms with E-state index in [2.05, 4.69) is 5.32 Å². The highest BCUT2D eigenvalue weighted by Gasteiger charge is 2.37. The molecule has 2 atom stereocenters. The summed E-state index contributed by atoms with van der Waals surface area (Å²) < 4.78 is 24.3. The van der Waals surface area contributed by atoms with Crippen molar-refractivity contribution in [1.82, 2.24) is 5.32 Å². The quantitative estimate of drug-likeness (QED) is 0.810. The highest BCUT2D eigenvalue weighted by Crippen LogP contribution is 2.22. The number of sulfone groups is 1. The highest BCUT2D eigenvalue weighted by atomic mass is 32.2. The first-order valence-corrected chi connectivity index (χ1v) is 6.81. The van der Waals surface area contributed by atoms with Crippen LogP contribution in [0.3, 0.4) is 0 Å². The van der Waals surface area contributed by atoms with E-state index in [9.17, 15) is 13.2 Å². The first kappa shape index (κ1) is 12.1. The van der Waals surface area contributed by atoms with Crippen molar-refractivity contribution in [2.75, 3.05) is 6.54 Å². The van der Waals surface area contributed by atoms with Gasteiger partial charge in [-0.3, -0.25) is 4.79 Å². The molecule has 1 aromatic carbocycles. The van der Waals surface area contributed by atoms with Crippen LogP contribution in [0.1, 0.15) is 6.42 Å². The maximum Gasteiger partial charge on any atom is 0.320 e. The van der Waals surface area contributed by atoms with Crippen LogP contribution in [0.25, 0.3) is 0 Å². The van der Waals surface area contributed by atoms with E-state index in [-0.39, 0.29) is 17.9 Å². The molecule has 1 saturated heterocycles. The number of carboxylic acids is 1. The summed E-state index contributed by atoms with van der Waals surface area (Å²) in [6.07, 6.45) is 0.118. The van der Waals surface area contributed by atoms with E-state index in [1.165, 1.54) is 12.1 Å². The van der Waals surface area contributed by atoms with Gasteiger partial charge < -0.3 is 10.4 Å². The van der Waals surface area contributed by atoms with Gasteiger partial charge in [0.2, 0.25) is 0 Å². The fraction of sp³-hybridized carbons (Fsp3) is 0.364. The Morgan fingerprint density at radius 3 is 2.47 bits per heavy atom. The van der Waals surface area contributed by atoms with Gasteiger partial charge in [-0.15, -0.1) is 0 Å². The Hall–Kier alpha value is -1.40. The van der Waals surface area contributed by atoms with Crippen LogP contribution in [0.2, 0.25) is 0 Å². The summed E-state index contributed by atoms with van der Waals surface area (Å²) in [6, 6.07) is 7.35. The summed E-state index contributed by atoms with van der Waals surface area (Å²) in [5.74, 6) is -1.00. The van der Waals surface area contributed by atoms with Gasteiger partial charge in [-0.2, -0.15) is 0 Å². The van der Waals surface area contributed by atoms with Gasteiger partial charge in [0.05, 0.1) is 10.1 Å². The zero-order chi connectivity index (χ0) is 12.5. The molecule has 6 heteroatoms. The van der Waals surface area contributed by atoms with Crippen LogP contribution >= 0.6 is 0 Å². The predicted molar refractivity (Wildman–Crippen MR) is 61.5 cm³/mol. The number of benzene rings is 1. The second kappa shape index (κ2) is 4.46. The van der Waals surface area contributed by atoms with Crippen molar-refractivity contribution in [3.63, 3.8) is 0 Å². The molecule has 0 bridgehead atoms.